The molecule has 4 heteroatoms. The molecular formula is C12H18ClFN2. The van der Waals surface area contributed by atoms with Crippen LogP contribution in [0.15, 0.2) is 12.1 Å². The van der Waals surface area contributed by atoms with Crippen LogP contribution in [-0.4, -0.2) is 13.1 Å². The van der Waals surface area contributed by atoms with Gasteiger partial charge >= 0.3 is 0 Å². The highest BCUT2D eigenvalue weighted by Crippen LogP contribution is 2.25. The molecule has 3 N–H and O–H groups in total. The first-order chi connectivity index (χ1) is 7.54. The van der Waals surface area contributed by atoms with Crippen molar-refractivity contribution in [3.8, 4) is 0 Å². The fourth-order valence-electron chi connectivity index (χ4n) is 1.45. The third-order valence-corrected chi connectivity index (χ3v) is 2.86. The first-order valence-electron chi connectivity index (χ1n) is 5.44. The Bertz CT molecular complexity index is 355. The topological polar surface area (TPSA) is 38.0 Å². The summed E-state index contributed by atoms with van der Waals surface area (Å²) in [6.45, 7) is 5.21. The van der Waals surface area contributed by atoms with Crippen molar-refractivity contribution in [2.24, 2.45) is 11.7 Å². The molecule has 0 radical (unpaired) electrons. The Hall–Kier alpha value is -0.800. The van der Waals surface area contributed by atoms with E-state index in [-0.39, 0.29) is 5.82 Å². The second-order valence-corrected chi connectivity index (χ2v) is 4.55. The lowest BCUT2D eigenvalue weighted by molar-refractivity contribution is 0.567. The van der Waals surface area contributed by atoms with E-state index in [1.54, 1.807) is 13.0 Å². The Morgan fingerprint density at radius 1 is 1.50 bits per heavy atom. The lowest BCUT2D eigenvalue weighted by atomic mass is 10.1. The van der Waals surface area contributed by atoms with Crippen molar-refractivity contribution in [3.05, 3.63) is 28.5 Å². The van der Waals surface area contributed by atoms with Gasteiger partial charge in [0.2, 0.25) is 0 Å². The van der Waals surface area contributed by atoms with Gasteiger partial charge in [-0.3, -0.25) is 0 Å². The summed E-state index contributed by atoms with van der Waals surface area (Å²) in [6.07, 6.45) is 0.943. The Morgan fingerprint density at radius 3 is 2.81 bits per heavy atom. The van der Waals surface area contributed by atoms with Gasteiger partial charge in [0.05, 0.1) is 10.7 Å². The molecule has 0 amide bonds. The quantitative estimate of drug-likeness (QED) is 0.835. The molecule has 1 aromatic rings. The minimum atomic E-state index is -0.238. The number of aryl methyl sites for hydroxylation is 1. The van der Waals surface area contributed by atoms with E-state index in [1.165, 1.54) is 6.07 Å². The van der Waals surface area contributed by atoms with Gasteiger partial charge in [-0.05, 0) is 43.5 Å². The van der Waals surface area contributed by atoms with Crippen LogP contribution < -0.4 is 11.1 Å². The molecule has 1 aromatic carbocycles. The molecule has 1 atom stereocenters. The molecule has 0 spiro atoms. The maximum Gasteiger partial charge on any atom is 0.128 e. The molecule has 0 fully saturated rings. The number of halogens is 2. The molecule has 1 rings (SSSR count). The van der Waals surface area contributed by atoms with Crippen LogP contribution >= 0.6 is 11.6 Å². The summed E-state index contributed by atoms with van der Waals surface area (Å²) in [5, 5.41) is 3.69. The van der Waals surface area contributed by atoms with Gasteiger partial charge in [0.1, 0.15) is 5.82 Å². The van der Waals surface area contributed by atoms with E-state index < -0.39 is 0 Å². The van der Waals surface area contributed by atoms with E-state index in [4.69, 9.17) is 17.3 Å². The van der Waals surface area contributed by atoms with E-state index in [0.717, 1.165) is 13.0 Å². The van der Waals surface area contributed by atoms with E-state index in [1.807, 2.05) is 0 Å². The van der Waals surface area contributed by atoms with E-state index >= 15 is 0 Å². The number of benzene rings is 1. The predicted molar refractivity (Wildman–Crippen MR) is 67.5 cm³/mol. The highest BCUT2D eigenvalue weighted by atomic mass is 35.5. The van der Waals surface area contributed by atoms with Crippen LogP contribution in [0.25, 0.3) is 0 Å². The van der Waals surface area contributed by atoms with Crippen LogP contribution in [0.2, 0.25) is 5.02 Å². The molecule has 0 saturated heterocycles. The third-order valence-electron chi connectivity index (χ3n) is 2.55. The van der Waals surface area contributed by atoms with Crippen LogP contribution in [0, 0.1) is 18.7 Å². The molecule has 2 nitrogen and oxygen atoms in total. The van der Waals surface area contributed by atoms with Gasteiger partial charge in [-0.25, -0.2) is 4.39 Å². The predicted octanol–water partition coefficient (Wildman–Crippen LogP) is 3.18. The lowest BCUT2D eigenvalue weighted by Gasteiger charge is -2.14. The average molecular weight is 245 g/mol. The molecule has 16 heavy (non-hydrogen) atoms. The number of anilines is 1. The summed E-state index contributed by atoms with van der Waals surface area (Å²) in [5.41, 5.74) is 6.67. The summed E-state index contributed by atoms with van der Waals surface area (Å²) in [5.74, 6) is 0.212. The molecule has 0 bridgehead atoms. The third kappa shape index (κ3) is 3.65. The molecule has 0 aromatic heterocycles. The van der Waals surface area contributed by atoms with Crippen molar-refractivity contribution in [1.29, 1.82) is 0 Å². The zero-order valence-corrected chi connectivity index (χ0v) is 10.4. The number of nitrogens with two attached hydrogens (primary N) is 1. The SMILES string of the molecule is Cc1cc(Cl)c(NCC(C)CCN)cc1F. The Labute approximate surface area is 101 Å². The van der Waals surface area contributed by atoms with Gasteiger partial charge in [0.15, 0.2) is 0 Å². The Kier molecular flexibility index (Phi) is 5.03. The lowest BCUT2D eigenvalue weighted by Crippen LogP contribution is -2.15. The molecule has 0 aliphatic carbocycles. The molecular weight excluding hydrogens is 227 g/mol. The fraction of sp³-hybridized carbons (Fsp3) is 0.500. The Balaban J connectivity index is 2.63. The van der Waals surface area contributed by atoms with Gasteiger partial charge in [-0.15, -0.1) is 0 Å². The standard InChI is InChI=1S/C12H18ClFN2/c1-8(3-4-15)7-16-12-6-11(14)9(2)5-10(12)13/h5-6,8,16H,3-4,7,15H2,1-2H3. The van der Waals surface area contributed by atoms with Gasteiger partial charge in [-0.2, -0.15) is 0 Å². The van der Waals surface area contributed by atoms with Crippen molar-refractivity contribution in [2.45, 2.75) is 20.3 Å². The summed E-state index contributed by atoms with van der Waals surface area (Å²) in [7, 11) is 0. The van der Waals surface area contributed by atoms with E-state index in [2.05, 4.69) is 12.2 Å². The van der Waals surface area contributed by atoms with Crippen LogP contribution in [-0.2, 0) is 0 Å². The first kappa shape index (κ1) is 13.3. The average Bonchev–Trinajstić information content (AvgIpc) is 2.22. The molecule has 0 saturated carbocycles. The van der Waals surface area contributed by atoms with E-state index in [9.17, 15) is 4.39 Å². The number of nitrogens with one attached hydrogen (secondary N) is 1. The summed E-state index contributed by atoms with van der Waals surface area (Å²) in [4.78, 5) is 0. The fourth-order valence-corrected chi connectivity index (χ4v) is 1.74. The summed E-state index contributed by atoms with van der Waals surface area (Å²) < 4.78 is 13.3. The van der Waals surface area contributed by atoms with Crippen molar-refractivity contribution in [2.75, 3.05) is 18.4 Å². The minimum Gasteiger partial charge on any atom is -0.383 e. The van der Waals surface area contributed by atoms with Gasteiger partial charge in [0.25, 0.3) is 0 Å². The second-order valence-electron chi connectivity index (χ2n) is 4.14. The van der Waals surface area contributed by atoms with Crippen molar-refractivity contribution in [1.82, 2.24) is 0 Å². The van der Waals surface area contributed by atoms with Crippen molar-refractivity contribution in [3.63, 3.8) is 0 Å². The van der Waals surface area contributed by atoms with Crippen LogP contribution in [0.5, 0.6) is 0 Å². The number of rotatable bonds is 5. The first-order valence-corrected chi connectivity index (χ1v) is 5.82. The highest BCUT2D eigenvalue weighted by Gasteiger charge is 2.07. The maximum absolute atomic E-state index is 13.3. The Morgan fingerprint density at radius 2 is 2.19 bits per heavy atom. The van der Waals surface area contributed by atoms with Crippen LogP contribution in [0.3, 0.4) is 0 Å². The summed E-state index contributed by atoms with van der Waals surface area (Å²) in [6, 6.07) is 3.07. The molecule has 90 valence electrons. The van der Waals surface area contributed by atoms with Gasteiger partial charge in [-0.1, -0.05) is 18.5 Å². The largest absolute Gasteiger partial charge is 0.383 e. The second kappa shape index (κ2) is 6.06. The normalized spacial score (nSPS) is 12.6. The smallest absolute Gasteiger partial charge is 0.128 e. The van der Waals surface area contributed by atoms with Gasteiger partial charge < -0.3 is 11.1 Å². The molecule has 0 aliphatic rings. The minimum absolute atomic E-state index is 0.238. The zero-order chi connectivity index (χ0) is 12.1. The molecule has 1 unspecified atom stereocenters. The van der Waals surface area contributed by atoms with E-state index in [0.29, 0.717) is 28.7 Å². The van der Waals surface area contributed by atoms with Crippen LogP contribution in [0.1, 0.15) is 18.9 Å². The monoisotopic (exact) mass is 244 g/mol. The number of hydrogen-bond donors (Lipinski definition) is 2. The maximum atomic E-state index is 13.3. The van der Waals surface area contributed by atoms with Gasteiger partial charge in [0, 0.05) is 6.54 Å². The highest BCUT2D eigenvalue weighted by molar-refractivity contribution is 6.33. The van der Waals surface area contributed by atoms with Crippen LogP contribution in [0.4, 0.5) is 10.1 Å². The molecule has 0 aliphatic heterocycles. The summed E-state index contributed by atoms with van der Waals surface area (Å²) >= 11 is 6.01. The van der Waals surface area contributed by atoms with Crippen molar-refractivity contribution >= 4 is 17.3 Å². The molecule has 0 heterocycles. The van der Waals surface area contributed by atoms with Crippen molar-refractivity contribution < 1.29 is 4.39 Å². The zero-order valence-electron chi connectivity index (χ0n) is 9.69. The number of hydrogen-bond acceptors (Lipinski definition) is 2.